The summed E-state index contributed by atoms with van der Waals surface area (Å²) < 4.78 is 14.0. The molecule has 2 rings (SSSR count). The summed E-state index contributed by atoms with van der Waals surface area (Å²) in [5.41, 5.74) is 1.16. The molecular formula is C14H21BrClFN2. The first-order chi connectivity index (χ1) is 8.70. The maximum atomic E-state index is 13.1. The summed E-state index contributed by atoms with van der Waals surface area (Å²) in [5, 5.41) is 3.41. The molecule has 5 heteroatoms. The standard InChI is InChI=1S/C14H20BrFN2.ClH/c1-2-7-18(13-5-6-17-9-13)10-11-3-4-12(16)8-14(11)15;/h3-4,8,13,17H,2,5-7,9-10H2,1H3;1H. The second-order valence-electron chi connectivity index (χ2n) is 4.85. The molecule has 1 N–H and O–H groups in total. The Labute approximate surface area is 129 Å². The lowest BCUT2D eigenvalue weighted by atomic mass is 10.1. The molecule has 2 nitrogen and oxygen atoms in total. The van der Waals surface area contributed by atoms with Gasteiger partial charge < -0.3 is 5.32 Å². The van der Waals surface area contributed by atoms with Gasteiger partial charge >= 0.3 is 0 Å². The quantitative estimate of drug-likeness (QED) is 0.872. The van der Waals surface area contributed by atoms with Gasteiger partial charge in [0.05, 0.1) is 0 Å². The highest BCUT2D eigenvalue weighted by Gasteiger charge is 2.22. The molecule has 1 unspecified atom stereocenters. The first kappa shape index (κ1) is 16.9. The molecule has 0 spiro atoms. The van der Waals surface area contributed by atoms with E-state index in [0.29, 0.717) is 6.04 Å². The molecule has 0 aromatic heterocycles. The monoisotopic (exact) mass is 350 g/mol. The molecule has 1 heterocycles. The molecule has 1 fully saturated rings. The van der Waals surface area contributed by atoms with Crippen molar-refractivity contribution in [2.75, 3.05) is 19.6 Å². The Kier molecular flexibility index (Phi) is 7.29. The van der Waals surface area contributed by atoms with Gasteiger partial charge in [-0.25, -0.2) is 4.39 Å². The molecule has 0 amide bonds. The smallest absolute Gasteiger partial charge is 0.124 e. The topological polar surface area (TPSA) is 15.3 Å². The first-order valence-electron chi connectivity index (χ1n) is 6.59. The van der Waals surface area contributed by atoms with Gasteiger partial charge in [-0.05, 0) is 43.6 Å². The van der Waals surface area contributed by atoms with Crippen molar-refractivity contribution in [3.8, 4) is 0 Å². The first-order valence-corrected chi connectivity index (χ1v) is 7.38. The van der Waals surface area contributed by atoms with E-state index in [2.05, 4.69) is 33.1 Å². The summed E-state index contributed by atoms with van der Waals surface area (Å²) in [7, 11) is 0. The van der Waals surface area contributed by atoms with E-state index >= 15 is 0 Å². The molecule has 19 heavy (non-hydrogen) atoms. The van der Waals surface area contributed by atoms with Crippen LogP contribution in [0.5, 0.6) is 0 Å². The molecule has 0 radical (unpaired) electrons. The van der Waals surface area contributed by atoms with Crippen LogP contribution >= 0.6 is 28.3 Å². The number of halogens is 3. The number of hydrogen-bond donors (Lipinski definition) is 1. The van der Waals surface area contributed by atoms with Crippen molar-refractivity contribution in [1.29, 1.82) is 0 Å². The summed E-state index contributed by atoms with van der Waals surface area (Å²) in [6.45, 7) is 6.36. The lowest BCUT2D eigenvalue weighted by Crippen LogP contribution is -2.37. The van der Waals surface area contributed by atoms with Crippen LogP contribution in [0.1, 0.15) is 25.3 Å². The van der Waals surface area contributed by atoms with Crippen molar-refractivity contribution in [3.05, 3.63) is 34.1 Å². The van der Waals surface area contributed by atoms with E-state index < -0.39 is 0 Å². The Morgan fingerprint density at radius 2 is 2.26 bits per heavy atom. The van der Waals surface area contributed by atoms with E-state index in [9.17, 15) is 4.39 Å². The second-order valence-corrected chi connectivity index (χ2v) is 5.71. The van der Waals surface area contributed by atoms with Crippen LogP contribution < -0.4 is 5.32 Å². The second kappa shape index (κ2) is 8.20. The van der Waals surface area contributed by atoms with Crippen molar-refractivity contribution in [1.82, 2.24) is 10.2 Å². The zero-order valence-corrected chi connectivity index (χ0v) is 13.6. The van der Waals surface area contributed by atoms with Crippen LogP contribution in [0.4, 0.5) is 4.39 Å². The van der Waals surface area contributed by atoms with Crippen LogP contribution in [0.15, 0.2) is 22.7 Å². The molecule has 1 aromatic rings. The minimum atomic E-state index is -0.185. The van der Waals surface area contributed by atoms with Gasteiger partial charge in [0, 0.05) is 23.6 Å². The lowest BCUT2D eigenvalue weighted by Gasteiger charge is -2.28. The Morgan fingerprint density at radius 1 is 1.47 bits per heavy atom. The van der Waals surface area contributed by atoms with Crippen molar-refractivity contribution in [3.63, 3.8) is 0 Å². The van der Waals surface area contributed by atoms with Crippen LogP contribution in [0, 0.1) is 5.82 Å². The van der Waals surface area contributed by atoms with Gasteiger partial charge in [0.2, 0.25) is 0 Å². The average molecular weight is 352 g/mol. The largest absolute Gasteiger partial charge is 0.315 e. The molecule has 1 atom stereocenters. The number of hydrogen-bond acceptors (Lipinski definition) is 2. The zero-order valence-electron chi connectivity index (χ0n) is 11.2. The fraction of sp³-hybridized carbons (Fsp3) is 0.571. The molecule has 1 saturated heterocycles. The van der Waals surface area contributed by atoms with Gasteiger partial charge in [-0.1, -0.05) is 28.9 Å². The fourth-order valence-corrected chi connectivity index (χ4v) is 2.97. The van der Waals surface area contributed by atoms with Gasteiger partial charge in [-0.3, -0.25) is 4.90 Å². The van der Waals surface area contributed by atoms with Crippen LogP contribution in [-0.2, 0) is 6.54 Å². The van der Waals surface area contributed by atoms with E-state index in [-0.39, 0.29) is 18.2 Å². The van der Waals surface area contributed by atoms with Crippen molar-refractivity contribution >= 4 is 28.3 Å². The lowest BCUT2D eigenvalue weighted by molar-refractivity contribution is 0.199. The molecule has 1 aliphatic heterocycles. The Morgan fingerprint density at radius 3 is 2.84 bits per heavy atom. The maximum absolute atomic E-state index is 13.1. The summed E-state index contributed by atoms with van der Waals surface area (Å²) >= 11 is 3.45. The van der Waals surface area contributed by atoms with E-state index in [4.69, 9.17) is 0 Å². The number of benzene rings is 1. The maximum Gasteiger partial charge on any atom is 0.124 e. The van der Waals surface area contributed by atoms with E-state index in [1.165, 1.54) is 12.5 Å². The molecule has 0 bridgehead atoms. The minimum absolute atomic E-state index is 0. The van der Waals surface area contributed by atoms with Crippen LogP contribution in [0.3, 0.4) is 0 Å². The predicted octanol–water partition coefficient (Wildman–Crippen LogP) is 3.58. The summed E-state index contributed by atoms with van der Waals surface area (Å²) in [4.78, 5) is 2.50. The third-order valence-corrected chi connectivity index (χ3v) is 4.19. The minimum Gasteiger partial charge on any atom is -0.315 e. The van der Waals surface area contributed by atoms with Crippen LogP contribution in [0.2, 0.25) is 0 Å². The third-order valence-electron chi connectivity index (χ3n) is 3.45. The Hall–Kier alpha value is -0.160. The van der Waals surface area contributed by atoms with Gasteiger partial charge in [-0.15, -0.1) is 12.4 Å². The number of rotatable bonds is 5. The fourth-order valence-electron chi connectivity index (χ4n) is 2.50. The summed E-state index contributed by atoms with van der Waals surface area (Å²) in [6, 6.07) is 5.58. The van der Waals surface area contributed by atoms with Gasteiger partial charge in [-0.2, -0.15) is 0 Å². The van der Waals surface area contributed by atoms with Crippen molar-refractivity contribution in [2.24, 2.45) is 0 Å². The van der Waals surface area contributed by atoms with Crippen molar-refractivity contribution in [2.45, 2.75) is 32.4 Å². The molecular weight excluding hydrogens is 331 g/mol. The van der Waals surface area contributed by atoms with Crippen LogP contribution in [0.25, 0.3) is 0 Å². The van der Waals surface area contributed by atoms with Gasteiger partial charge in [0.25, 0.3) is 0 Å². The van der Waals surface area contributed by atoms with E-state index in [1.807, 2.05) is 6.07 Å². The normalized spacial score (nSPS) is 18.6. The SMILES string of the molecule is CCCN(Cc1ccc(F)cc1Br)C1CCNC1.Cl. The highest BCUT2D eigenvalue weighted by Crippen LogP contribution is 2.22. The molecule has 1 aromatic carbocycles. The molecule has 0 saturated carbocycles. The van der Waals surface area contributed by atoms with Gasteiger partial charge in [0.15, 0.2) is 0 Å². The Balaban J connectivity index is 0.00000180. The number of nitrogens with zero attached hydrogens (tertiary/aromatic N) is 1. The highest BCUT2D eigenvalue weighted by molar-refractivity contribution is 9.10. The molecule has 0 aliphatic carbocycles. The molecule has 108 valence electrons. The van der Waals surface area contributed by atoms with Gasteiger partial charge in [0.1, 0.15) is 5.82 Å². The Bertz CT molecular complexity index is 397. The average Bonchev–Trinajstić information content (AvgIpc) is 2.85. The number of nitrogens with one attached hydrogen (secondary N) is 1. The third kappa shape index (κ3) is 4.71. The van der Waals surface area contributed by atoms with Crippen molar-refractivity contribution < 1.29 is 4.39 Å². The van der Waals surface area contributed by atoms with Crippen LogP contribution in [-0.4, -0.2) is 30.6 Å². The zero-order chi connectivity index (χ0) is 13.0. The predicted molar refractivity (Wildman–Crippen MR) is 83.3 cm³/mol. The van der Waals surface area contributed by atoms with E-state index in [0.717, 1.165) is 42.6 Å². The summed E-state index contributed by atoms with van der Waals surface area (Å²) in [5.74, 6) is -0.185. The van der Waals surface area contributed by atoms with E-state index in [1.54, 1.807) is 6.07 Å². The highest BCUT2D eigenvalue weighted by atomic mass is 79.9. The summed E-state index contributed by atoms with van der Waals surface area (Å²) in [6.07, 6.45) is 2.36. The molecule has 1 aliphatic rings.